The molecule has 2 atom stereocenters. The van der Waals surface area contributed by atoms with Gasteiger partial charge in [0.1, 0.15) is 6.04 Å². The van der Waals surface area contributed by atoms with Crippen molar-refractivity contribution >= 4 is 8.53 Å². The minimum absolute atomic E-state index is 0.144. The Morgan fingerprint density at radius 2 is 1.87 bits per heavy atom. The summed E-state index contributed by atoms with van der Waals surface area (Å²) >= 11 is 0. The van der Waals surface area contributed by atoms with Gasteiger partial charge in [0.05, 0.1) is 12.7 Å². The second kappa shape index (κ2) is 7.10. The first kappa shape index (κ1) is 14.8. The SMILES string of the molecule is CC(C)N(C(C)C)C(C#N)COP(N)O. The van der Waals surface area contributed by atoms with E-state index in [0.29, 0.717) is 0 Å². The minimum atomic E-state index is -1.88. The summed E-state index contributed by atoms with van der Waals surface area (Å²) in [4.78, 5) is 10.9. The molecule has 0 saturated carbocycles. The molecule has 0 aromatic rings. The zero-order valence-corrected chi connectivity index (χ0v) is 10.6. The molecule has 0 aromatic heterocycles. The predicted molar refractivity (Wildman–Crippen MR) is 60.8 cm³/mol. The van der Waals surface area contributed by atoms with Crippen LogP contribution in [-0.4, -0.2) is 34.5 Å². The van der Waals surface area contributed by atoms with Crippen molar-refractivity contribution < 1.29 is 9.42 Å². The molecule has 0 radical (unpaired) electrons. The number of nitrogens with zero attached hydrogens (tertiary/aromatic N) is 2. The summed E-state index contributed by atoms with van der Waals surface area (Å²) in [7, 11) is -1.88. The summed E-state index contributed by atoms with van der Waals surface area (Å²) in [5.74, 6) is 0. The van der Waals surface area contributed by atoms with Gasteiger partial charge in [0.15, 0.2) is 0 Å². The zero-order chi connectivity index (χ0) is 12.0. The molecule has 6 heteroatoms. The average Bonchev–Trinajstić information content (AvgIpc) is 2.09. The van der Waals surface area contributed by atoms with Crippen molar-refractivity contribution in [2.24, 2.45) is 5.50 Å². The van der Waals surface area contributed by atoms with Crippen molar-refractivity contribution in [3.05, 3.63) is 0 Å². The lowest BCUT2D eigenvalue weighted by molar-refractivity contribution is 0.105. The van der Waals surface area contributed by atoms with Crippen LogP contribution < -0.4 is 5.50 Å². The molecule has 2 unspecified atom stereocenters. The standard InChI is InChI=1S/C9H20N3O2P/c1-7(2)12(8(3)4)9(5-10)6-14-15(11)13/h7-9,13H,6,11H2,1-4H3. The van der Waals surface area contributed by atoms with Crippen LogP contribution in [0.15, 0.2) is 0 Å². The van der Waals surface area contributed by atoms with Crippen LogP contribution in [0.2, 0.25) is 0 Å². The predicted octanol–water partition coefficient (Wildman–Crippen LogP) is 1.19. The lowest BCUT2D eigenvalue weighted by Crippen LogP contribution is -2.46. The van der Waals surface area contributed by atoms with Crippen LogP contribution in [0, 0.1) is 11.3 Å². The van der Waals surface area contributed by atoms with E-state index in [1.54, 1.807) is 0 Å². The van der Waals surface area contributed by atoms with E-state index in [9.17, 15) is 0 Å². The third-order valence-electron chi connectivity index (χ3n) is 2.07. The number of rotatable bonds is 6. The first-order valence-electron chi connectivity index (χ1n) is 4.93. The van der Waals surface area contributed by atoms with Gasteiger partial charge < -0.3 is 9.42 Å². The van der Waals surface area contributed by atoms with Crippen LogP contribution in [0.4, 0.5) is 0 Å². The number of nitrogens with two attached hydrogens (primary N) is 1. The van der Waals surface area contributed by atoms with Crippen LogP contribution >= 0.6 is 8.53 Å². The van der Waals surface area contributed by atoms with Gasteiger partial charge in [0, 0.05) is 12.1 Å². The summed E-state index contributed by atoms with van der Waals surface area (Å²) in [6.07, 6.45) is 0. The maximum atomic E-state index is 9.02. The third-order valence-corrected chi connectivity index (χ3v) is 2.48. The normalized spacial score (nSPS) is 15.7. The van der Waals surface area contributed by atoms with Gasteiger partial charge in [-0.15, -0.1) is 0 Å². The van der Waals surface area contributed by atoms with E-state index in [-0.39, 0.29) is 24.7 Å². The third kappa shape index (κ3) is 5.41. The van der Waals surface area contributed by atoms with E-state index >= 15 is 0 Å². The fourth-order valence-corrected chi connectivity index (χ4v) is 1.95. The highest BCUT2D eigenvalue weighted by Gasteiger charge is 2.24. The summed E-state index contributed by atoms with van der Waals surface area (Å²) in [6.45, 7) is 8.23. The van der Waals surface area contributed by atoms with E-state index in [0.717, 1.165) is 0 Å². The highest BCUT2D eigenvalue weighted by molar-refractivity contribution is 7.43. The summed E-state index contributed by atoms with van der Waals surface area (Å²) in [5.41, 5.74) is 5.12. The minimum Gasteiger partial charge on any atom is -0.338 e. The highest BCUT2D eigenvalue weighted by atomic mass is 31.2. The Bertz CT molecular complexity index is 208. The monoisotopic (exact) mass is 233 g/mol. The molecule has 0 rings (SSSR count). The van der Waals surface area contributed by atoms with Crippen LogP contribution in [0.25, 0.3) is 0 Å². The van der Waals surface area contributed by atoms with Gasteiger partial charge in [-0.3, -0.25) is 10.4 Å². The highest BCUT2D eigenvalue weighted by Crippen LogP contribution is 2.21. The molecule has 0 spiro atoms. The van der Waals surface area contributed by atoms with Crippen LogP contribution in [0.5, 0.6) is 0 Å². The second-order valence-corrected chi connectivity index (χ2v) is 4.74. The van der Waals surface area contributed by atoms with Gasteiger partial charge in [-0.05, 0) is 27.7 Å². The fraction of sp³-hybridized carbons (Fsp3) is 0.889. The van der Waals surface area contributed by atoms with Gasteiger partial charge in [0.25, 0.3) is 0 Å². The largest absolute Gasteiger partial charge is 0.338 e. The fourth-order valence-electron chi connectivity index (χ4n) is 1.65. The first-order chi connectivity index (χ1) is 6.90. The lowest BCUT2D eigenvalue weighted by Gasteiger charge is -2.34. The number of nitriles is 1. The Morgan fingerprint density at radius 1 is 1.40 bits per heavy atom. The van der Waals surface area contributed by atoms with E-state index in [1.807, 2.05) is 32.6 Å². The molecule has 0 aliphatic carbocycles. The maximum Gasteiger partial charge on any atom is 0.250 e. The second-order valence-electron chi connectivity index (χ2n) is 3.88. The van der Waals surface area contributed by atoms with Gasteiger partial charge in [-0.1, -0.05) is 0 Å². The van der Waals surface area contributed by atoms with Gasteiger partial charge in [-0.25, -0.2) is 0 Å². The molecular formula is C9H20N3O2P. The van der Waals surface area contributed by atoms with Gasteiger partial charge in [0.2, 0.25) is 8.53 Å². The van der Waals surface area contributed by atoms with Crippen molar-refractivity contribution in [2.75, 3.05) is 6.61 Å². The quantitative estimate of drug-likeness (QED) is 0.673. The number of hydrogen-bond acceptors (Lipinski definition) is 5. The molecule has 0 bridgehead atoms. The van der Waals surface area contributed by atoms with Gasteiger partial charge >= 0.3 is 0 Å². The molecule has 0 aliphatic heterocycles. The molecule has 3 N–H and O–H groups in total. The average molecular weight is 233 g/mol. The van der Waals surface area contributed by atoms with E-state index in [4.69, 9.17) is 20.2 Å². The first-order valence-corrected chi connectivity index (χ1v) is 6.22. The Morgan fingerprint density at radius 3 is 2.13 bits per heavy atom. The molecule has 0 amide bonds. The number of hydrogen-bond donors (Lipinski definition) is 2. The van der Waals surface area contributed by atoms with Crippen LogP contribution in [-0.2, 0) is 4.52 Å². The Kier molecular flexibility index (Phi) is 6.99. The van der Waals surface area contributed by atoms with Gasteiger partial charge in [-0.2, -0.15) is 5.26 Å². The molecule has 0 saturated heterocycles. The molecule has 0 aliphatic rings. The molecular weight excluding hydrogens is 213 g/mol. The molecule has 5 nitrogen and oxygen atoms in total. The van der Waals surface area contributed by atoms with E-state index < -0.39 is 8.53 Å². The van der Waals surface area contributed by atoms with Crippen LogP contribution in [0.3, 0.4) is 0 Å². The molecule has 0 fully saturated rings. The van der Waals surface area contributed by atoms with Crippen molar-refractivity contribution in [1.82, 2.24) is 4.90 Å². The summed E-state index contributed by atoms with van der Waals surface area (Å²) < 4.78 is 4.91. The zero-order valence-electron chi connectivity index (χ0n) is 9.71. The molecule has 15 heavy (non-hydrogen) atoms. The van der Waals surface area contributed by atoms with Crippen molar-refractivity contribution in [3.8, 4) is 6.07 Å². The van der Waals surface area contributed by atoms with E-state index in [1.165, 1.54) is 0 Å². The van der Waals surface area contributed by atoms with Crippen molar-refractivity contribution in [2.45, 2.75) is 45.8 Å². The summed E-state index contributed by atoms with van der Waals surface area (Å²) in [6, 6.07) is 2.30. The topological polar surface area (TPSA) is 82.5 Å². The van der Waals surface area contributed by atoms with Crippen molar-refractivity contribution in [1.29, 1.82) is 5.26 Å². The Hall–Kier alpha value is -0.240. The maximum absolute atomic E-state index is 9.02. The molecule has 0 aromatic carbocycles. The lowest BCUT2D eigenvalue weighted by atomic mass is 10.1. The van der Waals surface area contributed by atoms with Crippen molar-refractivity contribution in [3.63, 3.8) is 0 Å². The Labute approximate surface area is 92.8 Å². The summed E-state index contributed by atoms with van der Waals surface area (Å²) in [5, 5.41) is 9.02. The van der Waals surface area contributed by atoms with E-state index in [2.05, 4.69) is 6.07 Å². The van der Waals surface area contributed by atoms with Crippen LogP contribution in [0.1, 0.15) is 27.7 Å². The molecule has 88 valence electrons. The Balaban J connectivity index is 4.41. The molecule has 0 heterocycles. The smallest absolute Gasteiger partial charge is 0.250 e.